The van der Waals surface area contributed by atoms with Gasteiger partial charge in [-0.2, -0.15) is 90.8 Å². The van der Waals surface area contributed by atoms with Gasteiger partial charge in [-0.05, 0) is 119 Å². The maximum absolute atomic E-state index is 13.3. The number of aryl methyl sites for hydroxylation is 2. The number of amides is 7. The maximum atomic E-state index is 13.3. The Labute approximate surface area is 833 Å². The third-order valence-corrected chi connectivity index (χ3v) is 36.3. The minimum absolute atomic E-state index is 0.0451. The number of hydrogen-bond donors (Lipinski definition) is 15. The average Bonchev–Trinajstić information content (AvgIpc) is 1.75. The number of aliphatic hydroxyl groups is 4. The Bertz CT molecular complexity index is 5690. The molecule has 0 unspecified atom stereocenters. The minimum atomic E-state index is -2.35. The molecule has 10 aromatic rings. The third-order valence-electron chi connectivity index (χ3n) is 24.0. The van der Waals surface area contributed by atoms with Crippen molar-refractivity contribution in [1.82, 2.24) is 128 Å². The molecule has 14 rings (SSSR count). The Kier molecular flexibility index (Phi) is 44.9. The van der Waals surface area contributed by atoms with Gasteiger partial charge in [0.05, 0.1) is 140 Å². The topological polar surface area (TPSA) is 652 Å². The molecule has 0 aliphatic carbocycles. The molecule has 48 nitrogen and oxygen atoms in total. The quantitative estimate of drug-likeness (QED) is 0.00383. The van der Waals surface area contributed by atoms with Gasteiger partial charge in [-0.25, -0.2) is 14.4 Å². The van der Waals surface area contributed by atoms with Crippen LogP contribution >= 0.6 is 0 Å². The van der Waals surface area contributed by atoms with Gasteiger partial charge >= 0.3 is 18.3 Å². The molecular weight excluding hydrogens is 1920 g/mol. The molecule has 7 amide bonds. The number of aliphatic hydroxyl groups excluding tert-OH is 4. The van der Waals surface area contributed by atoms with E-state index >= 15 is 0 Å². The van der Waals surface area contributed by atoms with Crippen molar-refractivity contribution < 1.29 is 91.7 Å². The summed E-state index contributed by atoms with van der Waals surface area (Å²) in [4.78, 5) is 115. The van der Waals surface area contributed by atoms with Crippen molar-refractivity contribution in [2.24, 2.45) is 10.5 Å². The zero-order valence-electron chi connectivity index (χ0n) is 84.1. The van der Waals surface area contributed by atoms with Crippen LogP contribution in [0.25, 0.3) is 10.4 Å². The summed E-state index contributed by atoms with van der Waals surface area (Å²) >= 11 is 0. The van der Waals surface area contributed by atoms with Crippen LogP contribution in [0.2, 0.25) is 74.0 Å². The molecule has 0 radical (unpaired) electrons. The molecule has 0 spiro atoms. The van der Waals surface area contributed by atoms with Crippen molar-refractivity contribution in [3.8, 4) is 23.8 Å². The number of azide groups is 1. The molecule has 16 N–H and O–H groups in total. The summed E-state index contributed by atoms with van der Waals surface area (Å²) in [5, 5.41) is 103. The van der Waals surface area contributed by atoms with Crippen molar-refractivity contribution in [2.75, 3.05) is 20.8 Å². The van der Waals surface area contributed by atoms with Gasteiger partial charge in [0.15, 0.2) is 25.0 Å². The number of methoxy groups -OCH3 is 2. The van der Waals surface area contributed by atoms with E-state index in [0.717, 1.165) is 52.2 Å². The molecule has 52 heteroatoms. The number of ether oxygens (including phenoxy) is 5. The molecule has 4 aromatic carbocycles. The van der Waals surface area contributed by atoms with Gasteiger partial charge in [0.25, 0.3) is 0 Å². The molecule has 0 saturated carbocycles. The summed E-state index contributed by atoms with van der Waals surface area (Å²) in [5.41, 5.74) is 20.8. The SMILES string of the molecule is C#CCO.CC(C)(C)[Si](C)(C)OCc1cn[nH]n1.CC(C)(CCc1cnn(C[C@H]2NC(=O)[C@H]2NC(=O)OCc2ccccc2)n1)[Si](C)(C)O.COc1ccc(CN2C(=O)[C@@H](NC(=O)OCc3ccccc3)[C@H]2Cn2ncc(CCC(C)(C)[Si](C)(C)O)n2)c(OC)c1.C[Si](C)(C)N=[N+]=[N-].N[C@@H]1C(=O)N[C@@H]1Cn1ncc(CO)n1.O=C(N[C@@H]1C(=O)N[C@@H]1Cn1ncc(CO)n1)OCc1ccccc1.OCc1cn[nH]n1. The second kappa shape index (κ2) is 55.2. The molecule has 4 aliphatic rings. The van der Waals surface area contributed by atoms with E-state index in [1.807, 2.05) is 155 Å². The lowest BCUT2D eigenvalue weighted by molar-refractivity contribution is -0.153. The number of H-pyrrole nitrogens is 2. The number of terminal acetylenes is 1. The second-order valence-corrected chi connectivity index (χ2v) is 56.5. The lowest BCUT2D eigenvalue weighted by Crippen LogP contribution is -2.71. The minimum Gasteiger partial charge on any atom is -0.497 e. The van der Waals surface area contributed by atoms with Crippen LogP contribution in [0.1, 0.15) is 118 Å². The number of hydrogen-bond acceptors (Lipinski definition) is 33. The number of nitrogens with two attached hydrogens (primary N) is 1. The number of aromatic nitrogens is 18. The van der Waals surface area contributed by atoms with Crippen LogP contribution in [0, 0.1) is 12.3 Å². The van der Waals surface area contributed by atoms with Crippen molar-refractivity contribution in [3.05, 3.63) is 213 Å². The van der Waals surface area contributed by atoms with E-state index in [2.05, 4.69) is 181 Å². The fraction of sp³-hybridized carbons (Fsp3) is 0.505. The van der Waals surface area contributed by atoms with E-state index in [-0.39, 0.29) is 123 Å². The summed E-state index contributed by atoms with van der Waals surface area (Å²) < 4.78 is 36.0. The number of likely N-dealkylation sites (tertiary alicyclic amines) is 1. The number of nitrogens with zero attached hydrogens (tertiary/aromatic N) is 20. The van der Waals surface area contributed by atoms with Crippen LogP contribution in [0.4, 0.5) is 14.4 Å². The number of β-lactam (4-membered cyclic amide) rings is 4. The summed E-state index contributed by atoms with van der Waals surface area (Å²) in [6, 6.07) is 29.6. The number of carbonyl (C=O) groups is 7. The zero-order valence-corrected chi connectivity index (χ0v) is 88.1. The first-order valence-electron chi connectivity index (χ1n) is 45.9. The lowest BCUT2D eigenvalue weighted by atomic mass is 9.94. The first kappa shape index (κ1) is 116. The predicted molar refractivity (Wildman–Crippen MR) is 533 cm³/mol. The Hall–Kier alpha value is -13.6. The summed E-state index contributed by atoms with van der Waals surface area (Å²) in [6.07, 6.45) is 15.1. The van der Waals surface area contributed by atoms with Crippen molar-refractivity contribution >= 4 is 75.1 Å². The van der Waals surface area contributed by atoms with Gasteiger partial charge in [-0.1, -0.05) is 165 Å². The molecule has 8 atom stereocenters. The number of carbonyl (C=O) groups excluding carboxylic acids is 7. The molecule has 776 valence electrons. The fourth-order valence-corrected chi connectivity index (χ4v) is 15.3. The molecular formula is C91H137N29O19Si4. The van der Waals surface area contributed by atoms with Crippen molar-refractivity contribution in [3.63, 3.8) is 0 Å². The number of rotatable bonds is 36. The van der Waals surface area contributed by atoms with Crippen LogP contribution in [0.5, 0.6) is 11.5 Å². The largest absolute Gasteiger partial charge is 0.497 e. The molecule has 143 heavy (non-hydrogen) atoms. The highest BCUT2D eigenvalue weighted by Crippen LogP contribution is 2.42. The zero-order chi connectivity index (χ0) is 105. The normalized spacial score (nSPS) is 17.2. The Morgan fingerprint density at radius 2 is 0.902 bits per heavy atom. The van der Waals surface area contributed by atoms with Gasteiger partial charge in [-0.15, -0.1) is 11.2 Å². The first-order chi connectivity index (χ1) is 67.6. The predicted octanol–water partition coefficient (Wildman–Crippen LogP) is 6.42. The van der Waals surface area contributed by atoms with Gasteiger partial charge in [-0.3, -0.25) is 19.2 Å². The molecule has 6 aromatic heterocycles. The van der Waals surface area contributed by atoms with Crippen molar-refractivity contribution in [1.29, 1.82) is 0 Å². The second-order valence-electron chi connectivity index (χ2n) is 38.3. The molecule has 0 bridgehead atoms. The van der Waals surface area contributed by atoms with E-state index in [1.54, 1.807) is 48.6 Å². The van der Waals surface area contributed by atoms with E-state index < -0.39 is 81.7 Å². The Morgan fingerprint density at radius 3 is 1.22 bits per heavy atom. The molecule has 4 fully saturated rings. The first-order valence-corrected chi connectivity index (χ1v) is 58.2. The van der Waals surface area contributed by atoms with Crippen LogP contribution in [-0.4, -0.2) is 270 Å². The van der Waals surface area contributed by atoms with E-state index in [4.69, 9.17) is 59.8 Å². The average molecular weight is 2050 g/mol. The Morgan fingerprint density at radius 1 is 0.517 bits per heavy atom. The van der Waals surface area contributed by atoms with Gasteiger partial charge in [0.1, 0.15) is 93.1 Å². The monoisotopic (exact) mass is 2050 g/mol. The Balaban J connectivity index is 0.000000242. The van der Waals surface area contributed by atoms with Gasteiger partial charge in [0, 0.05) is 18.2 Å². The van der Waals surface area contributed by atoms with Crippen molar-refractivity contribution in [2.45, 2.75) is 275 Å². The molecule has 10 heterocycles. The lowest BCUT2D eigenvalue weighted by Gasteiger charge is -2.46. The van der Waals surface area contributed by atoms with Crippen LogP contribution in [0.15, 0.2) is 151 Å². The van der Waals surface area contributed by atoms with Crippen LogP contribution in [-0.2, 0) is 130 Å². The number of aromatic amines is 2. The summed E-state index contributed by atoms with van der Waals surface area (Å²) in [7, 11) is -4.56. The van der Waals surface area contributed by atoms with E-state index in [0.29, 0.717) is 61.1 Å². The smallest absolute Gasteiger partial charge is 0.408 e. The van der Waals surface area contributed by atoms with Crippen LogP contribution < -0.4 is 47.1 Å². The number of alkyl carbamates (subject to hydrolysis) is 3. The summed E-state index contributed by atoms with van der Waals surface area (Å²) in [5.74, 6) is 2.30. The molecule has 4 saturated heterocycles. The fourth-order valence-electron chi connectivity index (χ4n) is 12.6. The van der Waals surface area contributed by atoms with Gasteiger partial charge < -0.3 is 101 Å². The summed E-state index contributed by atoms with van der Waals surface area (Å²) in [6.45, 7) is 35.2. The van der Waals surface area contributed by atoms with Gasteiger partial charge in [0.2, 0.25) is 23.6 Å². The maximum Gasteiger partial charge on any atom is 0.408 e. The number of nitrogens with one attached hydrogen (secondary N) is 8. The highest BCUT2D eigenvalue weighted by Gasteiger charge is 2.50. The third kappa shape index (κ3) is 38.0. The number of benzene rings is 4. The highest BCUT2D eigenvalue weighted by molar-refractivity contribution is 6.75. The van der Waals surface area contributed by atoms with E-state index in [1.165, 1.54) is 33.0 Å². The van der Waals surface area contributed by atoms with E-state index in [9.17, 15) is 43.2 Å². The van der Waals surface area contributed by atoms with Crippen LogP contribution in [0.3, 0.4) is 0 Å². The highest BCUT2D eigenvalue weighted by atomic mass is 28.4. The standard InChI is InChI=1S/C30H41N5O6Si.C21H31N5O4Si.C15H17N5O4.C9H19N3OSi.C7H11N5O2.C3H5N3O.C3H9N3Si.C3H4O/c1-30(2,42(5,6)38)15-14-23-17-31-35(33-23)19-25-27(32-29(37)41-20-21-10-8-7-9-11-21)28(36)34(25)18-22-12-13-24(39-3)16-26(22)40-4;1-21(2,31(3,4)29)11-10-16-12-22-26(25-16)13-17-18(19(27)23-17)24-20(28)30-14-15-8-6-5-7-9-15;21-8-11-6-16-20(19-11)7-12-13(14(22)17-12)18-15(23)24-9-10-4-2-1-3-5-10;1-9(2,3)14(4,5)13-7-8-6-10-12-11-8;8-6-5(10-7(6)14)2-12-9-1-4(3-13)11-12;7-2-3-1-4-6-5-3;1-7(2,3)6-5-4;1-2-3-4/h7-13,16-17,25,27,38H,14-15,18-20H2,1-6H3,(H,32,37);5-9,12,17-18,29H,10-11,13-14H2,1-4H3,(H,23,27)(H,24,28);1-6,12-13,21H,7-9H2,(H,17,22)(H,18,23);6H,7H2,1-5H3,(H,10,11,12);1,5-6,13H,2-3,8H2,(H,10,14);1,7H,2H2,(H,4,5,6);1-3H3;1,4H,3H2/t25-,27+;17-,18+;12-,13+;;5-,6+;;;/m111.1.../s1. The molecule has 4 aliphatic heterocycles.